The lowest BCUT2D eigenvalue weighted by Crippen LogP contribution is -2.19. The molecule has 1 saturated carbocycles. The Hall–Kier alpha value is -1.54. The van der Waals surface area contributed by atoms with E-state index in [2.05, 4.69) is 30.3 Å². The van der Waals surface area contributed by atoms with Crippen LogP contribution >= 0.6 is 0 Å². The zero-order valence-corrected chi connectivity index (χ0v) is 11.2. The van der Waals surface area contributed by atoms with E-state index in [1.54, 1.807) is 0 Å². The van der Waals surface area contributed by atoms with Gasteiger partial charge in [0.1, 0.15) is 5.75 Å². The first-order chi connectivity index (χ1) is 9.42. The monoisotopic (exact) mass is 256 g/mol. The van der Waals surface area contributed by atoms with Crippen molar-refractivity contribution in [3.05, 3.63) is 42.5 Å². The minimum absolute atomic E-state index is 0.364. The van der Waals surface area contributed by atoms with Gasteiger partial charge in [0.25, 0.3) is 0 Å². The quantitative estimate of drug-likeness (QED) is 0.748. The third kappa shape index (κ3) is 3.27. The van der Waals surface area contributed by atoms with E-state index in [1.165, 1.54) is 42.9 Å². The molecule has 0 aromatic heterocycles. The lowest BCUT2D eigenvalue weighted by molar-refractivity contribution is -0.0496. The summed E-state index contributed by atoms with van der Waals surface area (Å²) in [7, 11) is 0. The Kier molecular flexibility index (Phi) is 3.99. The van der Waals surface area contributed by atoms with Crippen LogP contribution in [0.5, 0.6) is 5.75 Å². The molecule has 1 aliphatic rings. The fourth-order valence-electron chi connectivity index (χ4n) is 2.69. The molecule has 0 amide bonds. The van der Waals surface area contributed by atoms with Crippen molar-refractivity contribution in [3.63, 3.8) is 0 Å². The van der Waals surface area contributed by atoms with Gasteiger partial charge in [0.15, 0.2) is 6.79 Å². The maximum absolute atomic E-state index is 5.78. The predicted octanol–water partition coefficient (Wildman–Crippen LogP) is 4.53. The molecule has 2 aromatic rings. The van der Waals surface area contributed by atoms with Crippen molar-refractivity contribution >= 4 is 10.8 Å². The van der Waals surface area contributed by atoms with E-state index in [0.29, 0.717) is 12.9 Å². The van der Waals surface area contributed by atoms with E-state index in [1.807, 2.05) is 12.1 Å². The Morgan fingerprint density at radius 2 is 1.68 bits per heavy atom. The molecule has 100 valence electrons. The summed E-state index contributed by atoms with van der Waals surface area (Å²) in [5.74, 6) is 0.884. The van der Waals surface area contributed by atoms with Gasteiger partial charge in [-0.25, -0.2) is 0 Å². The third-order valence-corrected chi connectivity index (χ3v) is 3.80. The van der Waals surface area contributed by atoms with Gasteiger partial charge in [-0.05, 0) is 35.7 Å². The molecule has 1 aliphatic carbocycles. The molecular weight excluding hydrogens is 236 g/mol. The molecule has 19 heavy (non-hydrogen) atoms. The van der Waals surface area contributed by atoms with Crippen molar-refractivity contribution in [3.8, 4) is 5.75 Å². The topological polar surface area (TPSA) is 18.5 Å². The Balaban J connectivity index is 1.56. The predicted molar refractivity (Wildman–Crippen MR) is 77.4 cm³/mol. The number of benzene rings is 2. The molecule has 2 aromatic carbocycles. The van der Waals surface area contributed by atoms with Crippen LogP contribution in [-0.4, -0.2) is 12.9 Å². The van der Waals surface area contributed by atoms with Gasteiger partial charge in [0.2, 0.25) is 0 Å². The maximum atomic E-state index is 5.78. The first kappa shape index (κ1) is 12.5. The highest BCUT2D eigenvalue weighted by Gasteiger charge is 2.13. The lowest BCUT2D eigenvalue weighted by Gasteiger charge is -2.21. The lowest BCUT2D eigenvalue weighted by atomic mass is 9.98. The Labute approximate surface area is 114 Å². The summed E-state index contributed by atoms with van der Waals surface area (Å²) in [4.78, 5) is 0. The van der Waals surface area contributed by atoms with Crippen LogP contribution in [0, 0.1) is 0 Å². The highest BCUT2D eigenvalue weighted by Crippen LogP contribution is 2.22. The van der Waals surface area contributed by atoms with Crippen LogP contribution < -0.4 is 4.74 Å². The smallest absolute Gasteiger partial charge is 0.189 e. The van der Waals surface area contributed by atoms with E-state index in [-0.39, 0.29) is 0 Å². The van der Waals surface area contributed by atoms with Gasteiger partial charge >= 0.3 is 0 Å². The molecule has 0 aliphatic heterocycles. The number of hydrogen-bond acceptors (Lipinski definition) is 2. The van der Waals surface area contributed by atoms with Crippen LogP contribution in [0.1, 0.15) is 32.1 Å². The molecule has 2 nitrogen and oxygen atoms in total. The minimum Gasteiger partial charge on any atom is -0.468 e. The van der Waals surface area contributed by atoms with Crippen molar-refractivity contribution in [2.24, 2.45) is 0 Å². The highest BCUT2D eigenvalue weighted by molar-refractivity contribution is 5.83. The molecule has 1 fully saturated rings. The summed E-state index contributed by atoms with van der Waals surface area (Å²) in [5, 5.41) is 2.45. The third-order valence-electron chi connectivity index (χ3n) is 3.80. The molecule has 0 atom stereocenters. The van der Waals surface area contributed by atoms with Crippen LogP contribution in [0.3, 0.4) is 0 Å². The number of hydrogen-bond donors (Lipinski definition) is 0. The normalized spacial score (nSPS) is 16.6. The summed E-state index contributed by atoms with van der Waals surface area (Å²) in [6, 6.07) is 14.5. The van der Waals surface area contributed by atoms with E-state index in [9.17, 15) is 0 Å². The Bertz CT molecular complexity index is 530. The molecule has 0 heterocycles. The van der Waals surface area contributed by atoms with Gasteiger partial charge in [0.05, 0.1) is 6.10 Å². The van der Waals surface area contributed by atoms with E-state index < -0.39 is 0 Å². The maximum Gasteiger partial charge on any atom is 0.189 e. The molecular formula is C17H20O2. The standard InChI is InChI=1S/C17H20O2/c1-2-8-16(9-3-1)18-13-19-17-11-10-14-6-4-5-7-15(14)12-17/h4-7,10-12,16H,1-3,8-9,13H2. The van der Waals surface area contributed by atoms with Crippen LogP contribution in [0.15, 0.2) is 42.5 Å². The average molecular weight is 256 g/mol. The summed E-state index contributed by atoms with van der Waals surface area (Å²) in [6.45, 7) is 0.364. The van der Waals surface area contributed by atoms with E-state index >= 15 is 0 Å². The molecule has 0 N–H and O–H groups in total. The van der Waals surface area contributed by atoms with Gasteiger partial charge in [-0.3, -0.25) is 0 Å². The van der Waals surface area contributed by atoms with E-state index in [0.717, 1.165) is 5.75 Å². The van der Waals surface area contributed by atoms with Crippen molar-refractivity contribution in [1.82, 2.24) is 0 Å². The van der Waals surface area contributed by atoms with Gasteiger partial charge in [-0.15, -0.1) is 0 Å². The second-order valence-electron chi connectivity index (χ2n) is 5.20. The summed E-state index contributed by atoms with van der Waals surface area (Å²) in [6.07, 6.45) is 6.70. The zero-order chi connectivity index (χ0) is 12.9. The zero-order valence-electron chi connectivity index (χ0n) is 11.2. The summed E-state index contributed by atoms with van der Waals surface area (Å²) in [5.41, 5.74) is 0. The molecule has 0 spiro atoms. The summed E-state index contributed by atoms with van der Waals surface area (Å²) >= 11 is 0. The first-order valence-corrected chi connectivity index (χ1v) is 7.15. The van der Waals surface area contributed by atoms with Crippen molar-refractivity contribution < 1.29 is 9.47 Å². The molecule has 0 radical (unpaired) electrons. The molecule has 3 rings (SSSR count). The average Bonchev–Trinajstić information content (AvgIpc) is 2.48. The second-order valence-corrected chi connectivity index (χ2v) is 5.20. The summed E-state index contributed by atoms with van der Waals surface area (Å²) < 4.78 is 11.5. The van der Waals surface area contributed by atoms with Gasteiger partial charge in [-0.2, -0.15) is 0 Å². The largest absolute Gasteiger partial charge is 0.468 e. The van der Waals surface area contributed by atoms with Crippen LogP contribution in [0.25, 0.3) is 10.8 Å². The van der Waals surface area contributed by atoms with Gasteiger partial charge in [-0.1, -0.05) is 49.6 Å². The Morgan fingerprint density at radius 3 is 2.53 bits per heavy atom. The Morgan fingerprint density at radius 1 is 0.895 bits per heavy atom. The van der Waals surface area contributed by atoms with Gasteiger partial charge in [0, 0.05) is 0 Å². The highest BCUT2D eigenvalue weighted by atomic mass is 16.7. The molecule has 0 bridgehead atoms. The molecule has 0 unspecified atom stereocenters. The van der Waals surface area contributed by atoms with Crippen molar-refractivity contribution in [2.75, 3.05) is 6.79 Å². The van der Waals surface area contributed by atoms with Crippen molar-refractivity contribution in [2.45, 2.75) is 38.2 Å². The van der Waals surface area contributed by atoms with E-state index in [4.69, 9.17) is 9.47 Å². The fraction of sp³-hybridized carbons (Fsp3) is 0.412. The minimum atomic E-state index is 0.364. The van der Waals surface area contributed by atoms with Gasteiger partial charge < -0.3 is 9.47 Å². The SMILES string of the molecule is c1ccc2cc(OCOC3CCCCC3)ccc2c1. The number of rotatable bonds is 4. The van der Waals surface area contributed by atoms with Crippen LogP contribution in [-0.2, 0) is 4.74 Å². The number of fused-ring (bicyclic) bond motifs is 1. The van der Waals surface area contributed by atoms with Crippen molar-refractivity contribution in [1.29, 1.82) is 0 Å². The fourth-order valence-corrected chi connectivity index (χ4v) is 2.69. The van der Waals surface area contributed by atoms with Crippen LogP contribution in [0.2, 0.25) is 0 Å². The first-order valence-electron chi connectivity index (χ1n) is 7.15. The molecule has 2 heteroatoms. The van der Waals surface area contributed by atoms with Crippen LogP contribution in [0.4, 0.5) is 0 Å². The number of ether oxygens (including phenoxy) is 2. The second kappa shape index (κ2) is 6.07. The molecule has 0 saturated heterocycles.